The molecule has 1 aliphatic carbocycles. The Morgan fingerprint density at radius 1 is 0.500 bits per heavy atom. The van der Waals surface area contributed by atoms with E-state index in [1.165, 1.54) is 50.9 Å². The van der Waals surface area contributed by atoms with Crippen LogP contribution in [0.3, 0.4) is 0 Å². The minimum absolute atomic E-state index is 0.209. The largest absolute Gasteiger partial charge is 0.508 e. The third-order valence-electron chi connectivity index (χ3n) is 8.09. The van der Waals surface area contributed by atoms with Gasteiger partial charge in [0, 0.05) is 5.41 Å². The van der Waals surface area contributed by atoms with Crippen LogP contribution in [0.4, 0.5) is 0 Å². The summed E-state index contributed by atoms with van der Waals surface area (Å²) in [6.45, 7) is 8.56. The first-order chi connectivity index (χ1) is 17.3. The molecule has 2 nitrogen and oxygen atoms in total. The fraction of sp³-hybridized carbons (Fsp3) is 0.294. The lowest BCUT2D eigenvalue weighted by molar-refractivity contribution is 0.346. The molecule has 0 spiro atoms. The first kappa shape index (κ1) is 24.2. The zero-order valence-corrected chi connectivity index (χ0v) is 21.9. The molecule has 1 saturated carbocycles. The lowest BCUT2D eigenvalue weighted by atomic mass is 9.62. The fourth-order valence-electron chi connectivity index (χ4n) is 6.42. The van der Waals surface area contributed by atoms with Gasteiger partial charge in [0.1, 0.15) is 11.5 Å². The molecule has 36 heavy (non-hydrogen) atoms. The molecule has 4 aromatic carbocycles. The van der Waals surface area contributed by atoms with Gasteiger partial charge in [-0.3, -0.25) is 0 Å². The van der Waals surface area contributed by atoms with Crippen molar-refractivity contribution in [3.8, 4) is 33.8 Å². The van der Waals surface area contributed by atoms with E-state index >= 15 is 0 Å². The molecule has 1 aliphatic rings. The van der Waals surface area contributed by atoms with E-state index < -0.39 is 0 Å². The molecule has 0 atom stereocenters. The normalized spacial score (nSPS) is 15.1. The minimum Gasteiger partial charge on any atom is -0.508 e. The zero-order chi connectivity index (χ0) is 25.4. The first-order valence-electron chi connectivity index (χ1n) is 13.1. The second-order valence-electron chi connectivity index (χ2n) is 10.7. The number of aromatic hydroxyl groups is 2. The lowest BCUT2D eigenvalue weighted by Gasteiger charge is -2.41. The summed E-state index contributed by atoms with van der Waals surface area (Å²) in [5.74, 6) is 0.583. The van der Waals surface area contributed by atoms with Crippen LogP contribution in [0, 0.1) is 27.7 Å². The Morgan fingerprint density at radius 2 is 0.944 bits per heavy atom. The van der Waals surface area contributed by atoms with Crippen LogP contribution in [-0.4, -0.2) is 10.2 Å². The van der Waals surface area contributed by atoms with Gasteiger partial charge in [-0.15, -0.1) is 0 Å². The smallest absolute Gasteiger partial charge is 0.116 e. The number of phenolic OH excluding ortho intramolecular Hbond substituents is 2. The minimum atomic E-state index is -0.209. The van der Waals surface area contributed by atoms with Crippen molar-refractivity contribution >= 4 is 0 Å². The molecular weight excluding hydrogens is 440 g/mol. The van der Waals surface area contributed by atoms with Gasteiger partial charge in [0.25, 0.3) is 0 Å². The van der Waals surface area contributed by atoms with Crippen molar-refractivity contribution < 1.29 is 10.2 Å². The summed E-state index contributed by atoms with van der Waals surface area (Å²) in [5.41, 5.74) is 11.8. The molecule has 0 aliphatic heterocycles. The standard InChI is InChI=1S/C34H36O2/c1-22-8-12-28(24(3)18-22)30-20-26(35)10-14-32(30)34(16-6-5-7-17-34)33-15-11-27(36)21-31(33)29-13-9-23(2)19-25(29)4/h8-15,18-21,35-36H,5-7,16-17H2,1-4H3. The summed E-state index contributed by atoms with van der Waals surface area (Å²) in [4.78, 5) is 0. The Kier molecular flexibility index (Phi) is 6.38. The van der Waals surface area contributed by atoms with Crippen LogP contribution in [0.15, 0.2) is 72.8 Å². The van der Waals surface area contributed by atoms with Gasteiger partial charge >= 0.3 is 0 Å². The summed E-state index contributed by atoms with van der Waals surface area (Å²) in [5, 5.41) is 21.2. The predicted molar refractivity (Wildman–Crippen MR) is 150 cm³/mol. The van der Waals surface area contributed by atoms with Gasteiger partial charge in [-0.05, 0) is 109 Å². The van der Waals surface area contributed by atoms with Crippen LogP contribution in [0.5, 0.6) is 11.5 Å². The highest BCUT2D eigenvalue weighted by atomic mass is 16.3. The molecule has 1 fully saturated rings. The monoisotopic (exact) mass is 476 g/mol. The summed E-state index contributed by atoms with van der Waals surface area (Å²) < 4.78 is 0. The predicted octanol–water partition coefficient (Wildman–Crippen LogP) is 8.92. The molecule has 0 radical (unpaired) electrons. The average Bonchev–Trinajstić information content (AvgIpc) is 2.84. The zero-order valence-electron chi connectivity index (χ0n) is 21.9. The van der Waals surface area contributed by atoms with Crippen LogP contribution >= 0.6 is 0 Å². The lowest BCUT2D eigenvalue weighted by Crippen LogP contribution is -2.32. The van der Waals surface area contributed by atoms with Gasteiger partial charge in [0.15, 0.2) is 0 Å². The molecular formula is C34H36O2. The van der Waals surface area contributed by atoms with E-state index in [0.717, 1.165) is 36.8 Å². The highest BCUT2D eigenvalue weighted by Crippen LogP contribution is 2.52. The SMILES string of the molecule is Cc1ccc(-c2cc(O)ccc2C2(c3ccc(O)cc3-c3ccc(C)cc3C)CCCCC2)c(C)c1. The molecule has 0 saturated heterocycles. The average molecular weight is 477 g/mol. The molecule has 2 N–H and O–H groups in total. The quantitative estimate of drug-likeness (QED) is 0.309. The summed E-state index contributed by atoms with van der Waals surface area (Å²) in [6.07, 6.45) is 5.62. The second kappa shape index (κ2) is 9.50. The van der Waals surface area contributed by atoms with Crippen LogP contribution in [0.1, 0.15) is 65.5 Å². The Balaban J connectivity index is 1.81. The molecule has 0 amide bonds. The van der Waals surface area contributed by atoms with Crippen LogP contribution in [0.25, 0.3) is 22.3 Å². The number of aryl methyl sites for hydroxylation is 4. The topological polar surface area (TPSA) is 40.5 Å². The molecule has 0 bridgehead atoms. The summed E-state index contributed by atoms with van der Waals surface area (Å²) in [7, 11) is 0. The maximum atomic E-state index is 10.6. The van der Waals surface area contributed by atoms with E-state index in [0.29, 0.717) is 11.5 Å². The highest BCUT2D eigenvalue weighted by molar-refractivity contribution is 5.79. The van der Waals surface area contributed by atoms with Crippen molar-refractivity contribution in [3.63, 3.8) is 0 Å². The van der Waals surface area contributed by atoms with Crippen molar-refractivity contribution in [3.05, 3.63) is 106 Å². The van der Waals surface area contributed by atoms with Gasteiger partial charge in [0.05, 0.1) is 0 Å². The van der Waals surface area contributed by atoms with Crippen LogP contribution in [-0.2, 0) is 5.41 Å². The van der Waals surface area contributed by atoms with E-state index in [4.69, 9.17) is 0 Å². The van der Waals surface area contributed by atoms with Crippen molar-refractivity contribution in [1.29, 1.82) is 0 Å². The Bertz CT molecular complexity index is 1320. The summed E-state index contributed by atoms with van der Waals surface area (Å²) in [6, 6.07) is 25.0. The first-order valence-corrected chi connectivity index (χ1v) is 13.1. The fourth-order valence-corrected chi connectivity index (χ4v) is 6.42. The Labute approximate surface area is 215 Å². The van der Waals surface area contributed by atoms with Crippen molar-refractivity contribution in [1.82, 2.24) is 0 Å². The maximum absolute atomic E-state index is 10.6. The van der Waals surface area contributed by atoms with E-state index in [1.807, 2.05) is 24.3 Å². The maximum Gasteiger partial charge on any atom is 0.116 e. The Morgan fingerprint density at radius 3 is 1.36 bits per heavy atom. The van der Waals surface area contributed by atoms with E-state index in [2.05, 4.69) is 76.2 Å². The van der Waals surface area contributed by atoms with Crippen LogP contribution < -0.4 is 0 Å². The third-order valence-corrected chi connectivity index (χ3v) is 8.09. The molecule has 0 unspecified atom stereocenters. The van der Waals surface area contributed by atoms with Crippen molar-refractivity contribution in [2.24, 2.45) is 0 Å². The van der Waals surface area contributed by atoms with Gasteiger partial charge in [-0.1, -0.05) is 78.9 Å². The van der Waals surface area contributed by atoms with Crippen molar-refractivity contribution in [2.45, 2.75) is 65.2 Å². The molecule has 0 aromatic heterocycles. The number of benzene rings is 4. The molecule has 184 valence electrons. The second-order valence-corrected chi connectivity index (χ2v) is 10.7. The number of phenols is 2. The van der Waals surface area contributed by atoms with Crippen molar-refractivity contribution in [2.75, 3.05) is 0 Å². The summed E-state index contributed by atoms with van der Waals surface area (Å²) >= 11 is 0. The molecule has 0 heterocycles. The van der Waals surface area contributed by atoms with E-state index in [9.17, 15) is 10.2 Å². The van der Waals surface area contributed by atoms with Gasteiger partial charge in [0.2, 0.25) is 0 Å². The molecule has 5 rings (SSSR count). The number of hydrogen-bond donors (Lipinski definition) is 2. The van der Waals surface area contributed by atoms with E-state index in [-0.39, 0.29) is 5.41 Å². The third kappa shape index (κ3) is 4.30. The van der Waals surface area contributed by atoms with Crippen LogP contribution in [0.2, 0.25) is 0 Å². The van der Waals surface area contributed by atoms with Gasteiger partial charge in [-0.2, -0.15) is 0 Å². The van der Waals surface area contributed by atoms with Gasteiger partial charge < -0.3 is 10.2 Å². The van der Waals surface area contributed by atoms with Gasteiger partial charge in [-0.25, -0.2) is 0 Å². The molecule has 2 heteroatoms. The Hall–Kier alpha value is -3.52. The molecule has 4 aromatic rings. The van der Waals surface area contributed by atoms with E-state index in [1.54, 1.807) is 0 Å². The number of hydrogen-bond acceptors (Lipinski definition) is 2. The highest BCUT2D eigenvalue weighted by Gasteiger charge is 2.39. The number of rotatable bonds is 4.